The molecule has 0 fully saturated rings. The predicted octanol–water partition coefficient (Wildman–Crippen LogP) is 5.91. The van der Waals surface area contributed by atoms with Gasteiger partial charge in [-0.1, -0.05) is 52.5 Å². The first-order valence-corrected chi connectivity index (χ1v) is 10.4. The maximum atomic E-state index is 13.0. The van der Waals surface area contributed by atoms with Crippen LogP contribution in [0.25, 0.3) is 10.9 Å². The number of hydrogen-bond acceptors (Lipinski definition) is 4. The van der Waals surface area contributed by atoms with Crippen LogP contribution in [0.3, 0.4) is 0 Å². The van der Waals surface area contributed by atoms with Gasteiger partial charge in [0.05, 0.1) is 17.6 Å². The second kappa shape index (κ2) is 8.85. The number of benzene rings is 2. The van der Waals surface area contributed by atoms with E-state index in [2.05, 4.69) is 15.3 Å². The van der Waals surface area contributed by atoms with Crippen molar-refractivity contribution in [2.45, 2.75) is 6.54 Å². The first-order valence-electron chi connectivity index (χ1n) is 8.89. The number of carbonyl (C=O) groups is 2. The van der Waals surface area contributed by atoms with E-state index < -0.39 is 11.7 Å². The van der Waals surface area contributed by atoms with Crippen molar-refractivity contribution in [3.8, 4) is 0 Å². The van der Waals surface area contributed by atoms with Gasteiger partial charge < -0.3 is 4.57 Å². The largest absolute Gasteiger partial charge is 0.326 e. The van der Waals surface area contributed by atoms with E-state index >= 15 is 0 Å². The first kappa shape index (κ1) is 21.6. The van der Waals surface area contributed by atoms with Crippen LogP contribution in [0.4, 0.5) is 5.95 Å². The summed E-state index contributed by atoms with van der Waals surface area (Å²) in [4.78, 5) is 33.4. The Morgan fingerprint density at radius 1 is 0.935 bits per heavy atom. The highest BCUT2D eigenvalue weighted by Crippen LogP contribution is 2.34. The van der Waals surface area contributed by atoms with Gasteiger partial charge in [-0.2, -0.15) is 0 Å². The van der Waals surface area contributed by atoms with Crippen LogP contribution < -0.4 is 5.32 Å². The Labute approximate surface area is 196 Å². The summed E-state index contributed by atoms with van der Waals surface area (Å²) in [5.74, 6) is -1.76. The molecule has 1 amide bonds. The maximum Gasteiger partial charge on any atom is 0.299 e. The van der Waals surface area contributed by atoms with E-state index in [-0.39, 0.29) is 23.2 Å². The molecule has 2 aromatic carbocycles. The second-order valence-electron chi connectivity index (χ2n) is 6.50. The lowest BCUT2D eigenvalue weighted by Crippen LogP contribution is -2.24. The molecule has 0 radical (unpaired) electrons. The normalized spacial score (nSPS) is 11.0. The van der Waals surface area contributed by atoms with Crippen LogP contribution in [0.5, 0.6) is 0 Å². The summed E-state index contributed by atoms with van der Waals surface area (Å²) in [7, 11) is 0. The Kier molecular flexibility index (Phi) is 6.16. The van der Waals surface area contributed by atoms with Crippen LogP contribution in [0.2, 0.25) is 20.2 Å². The molecule has 6 nitrogen and oxygen atoms in total. The third kappa shape index (κ3) is 4.38. The van der Waals surface area contributed by atoms with Crippen LogP contribution in [-0.4, -0.2) is 26.2 Å². The molecule has 0 atom stereocenters. The minimum Gasteiger partial charge on any atom is -0.326 e. The van der Waals surface area contributed by atoms with Crippen molar-refractivity contribution >= 4 is 74.9 Å². The second-order valence-corrected chi connectivity index (χ2v) is 8.14. The monoisotopic (exact) mass is 492 g/mol. The fourth-order valence-electron chi connectivity index (χ4n) is 3.12. The molecule has 2 heterocycles. The van der Waals surface area contributed by atoms with Crippen LogP contribution >= 0.6 is 46.4 Å². The van der Waals surface area contributed by atoms with Gasteiger partial charge in [0, 0.05) is 32.8 Å². The number of amides is 1. The molecule has 0 aliphatic carbocycles. The Hall–Kier alpha value is -2.64. The average Bonchev–Trinajstić information content (AvgIpc) is 3.00. The number of hydrogen-bond donors (Lipinski definition) is 1. The third-order valence-corrected chi connectivity index (χ3v) is 5.75. The molecule has 0 aliphatic heterocycles. The zero-order chi connectivity index (χ0) is 22.1. The lowest BCUT2D eigenvalue weighted by atomic mass is 10.1. The highest BCUT2D eigenvalue weighted by Gasteiger charge is 2.27. The molecule has 1 N–H and O–H groups in total. The smallest absolute Gasteiger partial charge is 0.299 e. The first-order chi connectivity index (χ1) is 14.8. The SMILES string of the molecule is O=C(Nc1ncccn1)C(=O)c1c(Cl)n(Cc2ccc(Cl)cc2Cl)c2ccc(Cl)cc12. The number of nitrogens with zero attached hydrogens (tertiary/aromatic N) is 3. The minimum absolute atomic E-state index is 0.00619. The van der Waals surface area contributed by atoms with Gasteiger partial charge in [-0.05, 0) is 42.0 Å². The van der Waals surface area contributed by atoms with Crippen molar-refractivity contribution in [2.75, 3.05) is 5.32 Å². The van der Waals surface area contributed by atoms with Gasteiger partial charge in [-0.25, -0.2) is 9.97 Å². The van der Waals surface area contributed by atoms with Crippen LogP contribution in [0.1, 0.15) is 15.9 Å². The number of carbonyl (C=O) groups excluding carboxylic acids is 2. The number of rotatable bonds is 5. The Bertz CT molecular complexity index is 1320. The van der Waals surface area contributed by atoms with Crippen LogP contribution in [-0.2, 0) is 11.3 Å². The molecule has 31 heavy (non-hydrogen) atoms. The molecule has 0 bridgehead atoms. The van der Waals surface area contributed by atoms with Gasteiger partial charge in [0.25, 0.3) is 11.7 Å². The van der Waals surface area contributed by atoms with E-state index in [0.29, 0.717) is 26.0 Å². The molecular formula is C21H12Cl4N4O2. The summed E-state index contributed by atoms with van der Waals surface area (Å²) in [5.41, 5.74) is 1.38. The lowest BCUT2D eigenvalue weighted by molar-refractivity contribution is -0.112. The standard InChI is InChI=1S/C21H12Cl4N4O2/c22-12-4-5-16-14(8-12)17(18(30)20(31)28-21-26-6-1-7-27-21)19(25)29(16)10-11-2-3-13(23)9-15(11)24/h1-9H,10H2,(H,26,27,28,31). The van der Waals surface area contributed by atoms with E-state index in [1.165, 1.54) is 12.4 Å². The Morgan fingerprint density at radius 2 is 1.61 bits per heavy atom. The summed E-state index contributed by atoms with van der Waals surface area (Å²) >= 11 is 25.0. The highest BCUT2D eigenvalue weighted by atomic mass is 35.5. The summed E-state index contributed by atoms with van der Waals surface area (Å²) < 4.78 is 1.68. The van der Waals surface area contributed by atoms with Gasteiger partial charge in [0.1, 0.15) is 5.15 Å². The number of anilines is 1. The van der Waals surface area contributed by atoms with Crippen LogP contribution in [0, 0.1) is 0 Å². The minimum atomic E-state index is -0.920. The molecule has 4 aromatic rings. The van der Waals surface area contributed by atoms with E-state index in [0.717, 1.165) is 5.56 Å². The Balaban J connectivity index is 1.78. The van der Waals surface area contributed by atoms with Gasteiger partial charge in [-0.3, -0.25) is 14.9 Å². The van der Waals surface area contributed by atoms with Crippen molar-refractivity contribution in [2.24, 2.45) is 0 Å². The number of Topliss-reactive ketones (excluding diaryl/α,β-unsaturated/α-hetero) is 1. The molecule has 2 aromatic heterocycles. The summed E-state index contributed by atoms with van der Waals surface area (Å²) in [5, 5.41) is 4.24. The lowest BCUT2D eigenvalue weighted by Gasteiger charge is -2.10. The number of nitrogens with one attached hydrogen (secondary N) is 1. The number of halogens is 4. The van der Waals surface area contributed by atoms with Crippen molar-refractivity contribution in [1.82, 2.24) is 14.5 Å². The summed E-state index contributed by atoms with van der Waals surface area (Å²) in [6.45, 7) is 0.254. The zero-order valence-electron chi connectivity index (χ0n) is 15.6. The van der Waals surface area contributed by atoms with Crippen molar-refractivity contribution < 1.29 is 9.59 Å². The fourth-order valence-corrected chi connectivity index (χ4v) is 4.10. The maximum absolute atomic E-state index is 13.0. The fraction of sp³-hybridized carbons (Fsp3) is 0.0476. The van der Waals surface area contributed by atoms with Gasteiger partial charge in [-0.15, -0.1) is 0 Å². The van der Waals surface area contributed by atoms with E-state index in [9.17, 15) is 9.59 Å². The number of ketones is 1. The molecule has 0 spiro atoms. The van der Waals surface area contributed by atoms with E-state index in [1.54, 1.807) is 47.0 Å². The van der Waals surface area contributed by atoms with Crippen molar-refractivity contribution in [3.63, 3.8) is 0 Å². The quantitative estimate of drug-likeness (QED) is 0.276. The molecule has 0 saturated carbocycles. The average molecular weight is 494 g/mol. The van der Waals surface area contributed by atoms with Gasteiger partial charge in [0.15, 0.2) is 0 Å². The summed E-state index contributed by atoms with van der Waals surface area (Å²) in [6, 6.07) is 11.7. The number of aromatic nitrogens is 3. The topological polar surface area (TPSA) is 76.9 Å². The molecule has 0 unspecified atom stereocenters. The molecule has 156 valence electrons. The molecule has 4 rings (SSSR count). The zero-order valence-corrected chi connectivity index (χ0v) is 18.6. The van der Waals surface area contributed by atoms with E-state index in [1.807, 2.05) is 0 Å². The number of fused-ring (bicyclic) bond motifs is 1. The summed E-state index contributed by atoms with van der Waals surface area (Å²) in [6.07, 6.45) is 2.89. The highest BCUT2D eigenvalue weighted by molar-refractivity contribution is 6.52. The van der Waals surface area contributed by atoms with Crippen LogP contribution in [0.15, 0.2) is 54.9 Å². The molecule has 10 heteroatoms. The molecule has 0 saturated heterocycles. The Morgan fingerprint density at radius 3 is 2.32 bits per heavy atom. The van der Waals surface area contributed by atoms with Gasteiger partial charge >= 0.3 is 0 Å². The van der Waals surface area contributed by atoms with Gasteiger partial charge in [0.2, 0.25) is 5.95 Å². The molecular weight excluding hydrogens is 482 g/mol. The van der Waals surface area contributed by atoms with Crippen molar-refractivity contribution in [3.05, 3.63) is 86.2 Å². The third-order valence-electron chi connectivity index (χ3n) is 4.53. The van der Waals surface area contributed by atoms with Crippen molar-refractivity contribution in [1.29, 1.82) is 0 Å². The van der Waals surface area contributed by atoms with E-state index in [4.69, 9.17) is 46.4 Å². The molecule has 0 aliphatic rings. The predicted molar refractivity (Wildman–Crippen MR) is 123 cm³/mol.